The van der Waals surface area contributed by atoms with Crippen LogP contribution in [-0.4, -0.2) is 23.0 Å². The molecule has 10 heteroatoms. The van der Waals surface area contributed by atoms with Crippen molar-refractivity contribution in [1.82, 2.24) is 10.3 Å². The molecule has 0 saturated heterocycles. The zero-order chi connectivity index (χ0) is 22.9. The Bertz CT molecular complexity index is 1150. The number of nitrogens with zero attached hydrogens (tertiary/aromatic N) is 1. The highest BCUT2D eigenvalue weighted by Gasteiger charge is 2.34. The molecule has 3 aromatic rings. The Kier molecular flexibility index (Phi) is 7.41. The van der Waals surface area contributed by atoms with Crippen LogP contribution in [0.1, 0.15) is 41.6 Å². The van der Waals surface area contributed by atoms with Gasteiger partial charge in [-0.15, -0.1) is 12.4 Å². The molecule has 0 spiro atoms. The second-order valence-corrected chi connectivity index (χ2v) is 7.87. The number of carbonyl (C=O) groups is 1. The van der Waals surface area contributed by atoms with E-state index in [1.54, 1.807) is 18.2 Å². The minimum atomic E-state index is -4.50. The monoisotopic (exact) mass is 485 g/mol. The number of hydrogen-bond donors (Lipinski definition) is 2. The minimum Gasteiger partial charge on any atom is -0.367 e. The van der Waals surface area contributed by atoms with Crippen LogP contribution < -0.4 is 10.6 Å². The van der Waals surface area contributed by atoms with E-state index in [2.05, 4.69) is 15.6 Å². The van der Waals surface area contributed by atoms with Gasteiger partial charge in [0.25, 0.3) is 5.91 Å². The molecule has 1 aliphatic carbocycles. The smallest absolute Gasteiger partial charge is 0.367 e. The van der Waals surface area contributed by atoms with E-state index < -0.39 is 29.3 Å². The molecule has 0 radical (unpaired) electrons. The lowest BCUT2D eigenvalue weighted by molar-refractivity contribution is -0.136. The lowest BCUT2D eigenvalue weighted by atomic mass is 9.91. The van der Waals surface area contributed by atoms with Gasteiger partial charge >= 0.3 is 6.18 Å². The van der Waals surface area contributed by atoms with Crippen molar-refractivity contribution in [3.05, 3.63) is 71.3 Å². The zero-order valence-electron chi connectivity index (χ0n) is 17.3. The standard InChI is InChI=1S/C23H20F5N3O.ClH/c24-18-10-5-13(11-19(18)25)22(32)30-15-8-6-14(7-9-15)29-21-12-17(23(26,27)28)16-3-1-2-4-20(16)31-21;/h1-5,10-12,14-15H,6-9H2,(H,29,31)(H,30,32);1H/t14-,15+;. The average Bonchev–Trinajstić information content (AvgIpc) is 2.75. The summed E-state index contributed by atoms with van der Waals surface area (Å²) in [6, 6.07) is 9.85. The molecular weight excluding hydrogens is 465 g/mol. The van der Waals surface area contributed by atoms with E-state index in [-0.39, 0.29) is 46.8 Å². The Labute approximate surface area is 193 Å². The Morgan fingerprint density at radius 3 is 2.24 bits per heavy atom. The number of fused-ring (bicyclic) bond motifs is 1. The van der Waals surface area contributed by atoms with Crippen molar-refractivity contribution in [3.63, 3.8) is 0 Å². The Morgan fingerprint density at radius 2 is 1.58 bits per heavy atom. The zero-order valence-corrected chi connectivity index (χ0v) is 18.1. The SMILES string of the molecule is Cl.O=C(N[C@H]1CC[C@@H](Nc2cc(C(F)(F)F)c3ccccc3n2)CC1)c1ccc(F)c(F)c1. The molecular formula is C23H21ClF5N3O. The number of benzene rings is 2. The summed E-state index contributed by atoms with van der Waals surface area (Å²) in [6.45, 7) is 0. The molecule has 2 N–H and O–H groups in total. The third kappa shape index (κ3) is 5.71. The van der Waals surface area contributed by atoms with Gasteiger partial charge in [-0.2, -0.15) is 13.2 Å². The number of amides is 1. The summed E-state index contributed by atoms with van der Waals surface area (Å²) >= 11 is 0. The lowest BCUT2D eigenvalue weighted by Crippen LogP contribution is -2.40. The first-order valence-electron chi connectivity index (χ1n) is 10.2. The number of halogens is 6. The van der Waals surface area contributed by atoms with Crippen LogP contribution in [0.3, 0.4) is 0 Å². The molecule has 0 aliphatic heterocycles. The summed E-state index contributed by atoms with van der Waals surface area (Å²) < 4.78 is 66.9. The number of anilines is 1. The molecule has 4 nitrogen and oxygen atoms in total. The van der Waals surface area contributed by atoms with Crippen LogP contribution in [0.2, 0.25) is 0 Å². The molecule has 1 heterocycles. The van der Waals surface area contributed by atoms with Crippen LogP contribution in [0, 0.1) is 11.6 Å². The third-order valence-corrected chi connectivity index (χ3v) is 5.62. The van der Waals surface area contributed by atoms with Crippen molar-refractivity contribution >= 4 is 35.0 Å². The summed E-state index contributed by atoms with van der Waals surface area (Å²) in [6.07, 6.45) is -2.10. The van der Waals surface area contributed by atoms with Gasteiger partial charge in [-0.3, -0.25) is 4.79 Å². The highest BCUT2D eigenvalue weighted by atomic mass is 35.5. The third-order valence-electron chi connectivity index (χ3n) is 5.62. The van der Waals surface area contributed by atoms with Gasteiger partial charge in [0.1, 0.15) is 5.82 Å². The predicted octanol–water partition coefficient (Wildman–Crippen LogP) is 6.11. The Morgan fingerprint density at radius 1 is 0.909 bits per heavy atom. The van der Waals surface area contributed by atoms with Crippen molar-refractivity contribution in [3.8, 4) is 0 Å². The molecule has 1 saturated carbocycles. The van der Waals surface area contributed by atoms with Crippen molar-refractivity contribution in [2.75, 3.05) is 5.32 Å². The van der Waals surface area contributed by atoms with E-state index in [1.807, 2.05) is 0 Å². The summed E-state index contributed by atoms with van der Waals surface area (Å²) in [5, 5.41) is 5.94. The molecule has 0 atom stereocenters. The fourth-order valence-electron chi connectivity index (χ4n) is 3.98. The van der Waals surface area contributed by atoms with Crippen molar-refractivity contribution in [2.45, 2.75) is 43.9 Å². The van der Waals surface area contributed by atoms with Gasteiger partial charge in [0, 0.05) is 23.0 Å². The molecule has 0 unspecified atom stereocenters. The number of para-hydroxylation sites is 1. The fourth-order valence-corrected chi connectivity index (χ4v) is 3.98. The van der Waals surface area contributed by atoms with E-state index >= 15 is 0 Å². The van der Waals surface area contributed by atoms with Gasteiger partial charge in [0.15, 0.2) is 11.6 Å². The Balaban J connectivity index is 0.00000306. The minimum absolute atomic E-state index is 0. The normalized spacial score (nSPS) is 18.5. The van der Waals surface area contributed by atoms with E-state index in [1.165, 1.54) is 12.1 Å². The number of aromatic nitrogens is 1. The van der Waals surface area contributed by atoms with Crippen LogP contribution >= 0.6 is 12.4 Å². The number of carbonyl (C=O) groups excluding carboxylic acids is 1. The van der Waals surface area contributed by atoms with E-state index in [0.29, 0.717) is 25.7 Å². The second-order valence-electron chi connectivity index (χ2n) is 7.87. The second kappa shape index (κ2) is 9.91. The van der Waals surface area contributed by atoms with Gasteiger partial charge in [-0.1, -0.05) is 18.2 Å². The van der Waals surface area contributed by atoms with Crippen molar-refractivity contribution in [1.29, 1.82) is 0 Å². The summed E-state index contributed by atoms with van der Waals surface area (Å²) in [7, 11) is 0. The van der Waals surface area contributed by atoms with Crippen molar-refractivity contribution < 1.29 is 26.7 Å². The number of pyridine rings is 1. The molecule has 33 heavy (non-hydrogen) atoms. The molecule has 1 amide bonds. The molecule has 1 fully saturated rings. The highest BCUT2D eigenvalue weighted by molar-refractivity contribution is 5.94. The maximum Gasteiger partial charge on any atom is 0.417 e. The lowest BCUT2D eigenvalue weighted by Gasteiger charge is -2.30. The van der Waals surface area contributed by atoms with Crippen molar-refractivity contribution in [2.24, 2.45) is 0 Å². The van der Waals surface area contributed by atoms with Crippen LogP contribution in [0.25, 0.3) is 10.9 Å². The molecule has 176 valence electrons. The summed E-state index contributed by atoms with van der Waals surface area (Å²) in [4.78, 5) is 16.6. The topological polar surface area (TPSA) is 54.0 Å². The highest BCUT2D eigenvalue weighted by Crippen LogP contribution is 2.36. The summed E-state index contributed by atoms with van der Waals surface area (Å²) in [5.41, 5.74) is -0.445. The molecule has 1 aromatic heterocycles. The number of nitrogens with one attached hydrogen (secondary N) is 2. The largest absolute Gasteiger partial charge is 0.417 e. The maximum absolute atomic E-state index is 13.5. The molecule has 1 aliphatic rings. The molecule has 2 aromatic carbocycles. The van der Waals surface area contributed by atoms with E-state index in [4.69, 9.17) is 0 Å². The fraction of sp³-hybridized carbons (Fsp3) is 0.304. The number of alkyl halides is 3. The van der Waals surface area contributed by atoms with E-state index in [0.717, 1.165) is 18.2 Å². The number of hydrogen-bond acceptors (Lipinski definition) is 3. The predicted molar refractivity (Wildman–Crippen MR) is 117 cm³/mol. The van der Waals surface area contributed by atoms with Crippen LogP contribution in [0.15, 0.2) is 48.5 Å². The Hall–Kier alpha value is -2.94. The quantitative estimate of drug-likeness (QED) is 0.439. The van der Waals surface area contributed by atoms with E-state index in [9.17, 15) is 26.7 Å². The van der Waals surface area contributed by atoms with Crippen LogP contribution in [0.5, 0.6) is 0 Å². The first-order chi connectivity index (χ1) is 15.2. The molecule has 4 rings (SSSR count). The maximum atomic E-state index is 13.5. The van der Waals surface area contributed by atoms with Gasteiger partial charge in [-0.25, -0.2) is 13.8 Å². The molecule has 0 bridgehead atoms. The van der Waals surface area contributed by atoms with Crippen LogP contribution in [0.4, 0.5) is 27.8 Å². The first kappa shape index (κ1) is 24.7. The van der Waals surface area contributed by atoms with Gasteiger partial charge in [0.2, 0.25) is 0 Å². The average molecular weight is 486 g/mol. The van der Waals surface area contributed by atoms with Gasteiger partial charge in [0.05, 0.1) is 11.1 Å². The first-order valence-corrected chi connectivity index (χ1v) is 10.2. The van der Waals surface area contributed by atoms with Gasteiger partial charge in [-0.05, 0) is 56.0 Å². The summed E-state index contributed by atoms with van der Waals surface area (Å²) in [5.74, 6) is -2.45. The van der Waals surface area contributed by atoms with Crippen LogP contribution in [-0.2, 0) is 6.18 Å². The van der Waals surface area contributed by atoms with Gasteiger partial charge < -0.3 is 10.6 Å². The number of rotatable bonds is 4.